The van der Waals surface area contributed by atoms with Gasteiger partial charge in [0.05, 0.1) is 10.9 Å². The molecule has 1 unspecified atom stereocenters. The number of carbonyl (C=O) groups excluding carboxylic acids is 2. The number of thiophene rings is 1. The average Bonchev–Trinajstić information content (AvgIpc) is 3.08. The van der Waals surface area contributed by atoms with Gasteiger partial charge in [-0.05, 0) is 38.8 Å². The first-order chi connectivity index (χ1) is 12.0. The highest BCUT2D eigenvalue weighted by molar-refractivity contribution is 7.13. The molecule has 0 spiro atoms. The fourth-order valence-electron chi connectivity index (χ4n) is 3.75. The molecule has 2 heterocycles. The molecule has 1 aromatic heterocycles. The van der Waals surface area contributed by atoms with Gasteiger partial charge < -0.3 is 10.2 Å². The predicted molar refractivity (Wildman–Crippen MR) is 101 cm³/mol. The smallest absolute Gasteiger partial charge is 0.264 e. The number of nitrogens with one attached hydrogen (secondary N) is 1. The Balaban J connectivity index is 1.47. The van der Waals surface area contributed by atoms with E-state index in [2.05, 4.69) is 10.2 Å². The maximum atomic E-state index is 12.5. The van der Waals surface area contributed by atoms with Gasteiger partial charge in [-0.15, -0.1) is 11.3 Å². The SMILES string of the molecule is Cc1ccc(C(=O)N2CCN(C(C)C(=O)NC3CCCCC3)CC2)s1. The van der Waals surface area contributed by atoms with Crippen molar-refractivity contribution in [1.29, 1.82) is 0 Å². The minimum atomic E-state index is -0.122. The van der Waals surface area contributed by atoms with Gasteiger partial charge in [0, 0.05) is 37.1 Å². The van der Waals surface area contributed by atoms with Crippen LogP contribution < -0.4 is 5.32 Å². The molecule has 6 heteroatoms. The van der Waals surface area contributed by atoms with Gasteiger partial charge in [-0.1, -0.05) is 19.3 Å². The molecular weight excluding hydrogens is 334 g/mol. The standard InChI is InChI=1S/C19H29N3O2S/c1-14-8-9-17(25-14)19(24)22-12-10-21(11-13-22)15(2)18(23)20-16-6-4-3-5-7-16/h8-9,15-16H,3-7,10-13H2,1-2H3,(H,20,23). The van der Waals surface area contributed by atoms with Gasteiger partial charge in [0.25, 0.3) is 5.91 Å². The molecule has 1 saturated carbocycles. The molecule has 1 saturated heterocycles. The third-order valence-electron chi connectivity index (χ3n) is 5.43. The lowest BCUT2D eigenvalue weighted by atomic mass is 9.95. The van der Waals surface area contributed by atoms with Crippen LogP contribution in [0, 0.1) is 6.92 Å². The van der Waals surface area contributed by atoms with E-state index in [1.807, 2.05) is 30.9 Å². The molecule has 0 radical (unpaired) electrons. The normalized spacial score (nSPS) is 21.1. The number of piperazine rings is 1. The maximum absolute atomic E-state index is 12.5. The first-order valence-electron chi connectivity index (χ1n) is 9.45. The molecule has 1 aliphatic heterocycles. The van der Waals surface area contributed by atoms with Gasteiger partial charge in [-0.3, -0.25) is 14.5 Å². The first-order valence-corrected chi connectivity index (χ1v) is 10.3. The fourth-order valence-corrected chi connectivity index (χ4v) is 4.59. The second-order valence-corrected chi connectivity index (χ2v) is 8.55. The molecule has 1 aliphatic carbocycles. The second-order valence-electron chi connectivity index (χ2n) is 7.26. The van der Waals surface area contributed by atoms with Crippen LogP contribution in [0.3, 0.4) is 0 Å². The van der Waals surface area contributed by atoms with Crippen LogP contribution in [-0.4, -0.2) is 59.9 Å². The Kier molecular flexibility index (Phi) is 6.12. The first kappa shape index (κ1) is 18.4. The summed E-state index contributed by atoms with van der Waals surface area (Å²) in [6.07, 6.45) is 5.97. The number of hydrogen-bond donors (Lipinski definition) is 1. The summed E-state index contributed by atoms with van der Waals surface area (Å²) >= 11 is 1.55. The van der Waals surface area contributed by atoms with Gasteiger partial charge in [-0.2, -0.15) is 0 Å². The molecule has 25 heavy (non-hydrogen) atoms. The van der Waals surface area contributed by atoms with Crippen LogP contribution in [0.15, 0.2) is 12.1 Å². The Labute approximate surface area is 154 Å². The van der Waals surface area contributed by atoms with Gasteiger partial charge in [0.15, 0.2) is 0 Å². The lowest BCUT2D eigenvalue weighted by Crippen LogP contribution is -2.56. The van der Waals surface area contributed by atoms with E-state index in [-0.39, 0.29) is 17.9 Å². The van der Waals surface area contributed by atoms with E-state index >= 15 is 0 Å². The van der Waals surface area contributed by atoms with Gasteiger partial charge in [-0.25, -0.2) is 0 Å². The third kappa shape index (κ3) is 4.61. The van der Waals surface area contributed by atoms with E-state index < -0.39 is 0 Å². The number of carbonyl (C=O) groups is 2. The molecule has 1 aromatic rings. The Morgan fingerprint density at radius 3 is 2.40 bits per heavy atom. The van der Waals surface area contributed by atoms with Crippen LogP contribution in [0.4, 0.5) is 0 Å². The highest BCUT2D eigenvalue weighted by Gasteiger charge is 2.29. The Morgan fingerprint density at radius 1 is 1.12 bits per heavy atom. The van der Waals surface area contributed by atoms with Gasteiger partial charge in [0.2, 0.25) is 5.91 Å². The maximum Gasteiger partial charge on any atom is 0.264 e. The van der Waals surface area contributed by atoms with Crippen molar-refractivity contribution >= 4 is 23.2 Å². The topological polar surface area (TPSA) is 52.7 Å². The summed E-state index contributed by atoms with van der Waals surface area (Å²) in [6, 6.07) is 4.14. The number of aryl methyl sites for hydroxylation is 1. The van der Waals surface area contributed by atoms with Crippen molar-refractivity contribution in [2.24, 2.45) is 0 Å². The van der Waals surface area contributed by atoms with Crippen molar-refractivity contribution in [2.75, 3.05) is 26.2 Å². The molecule has 0 aromatic carbocycles. The third-order valence-corrected chi connectivity index (χ3v) is 6.42. The van der Waals surface area contributed by atoms with Crippen molar-refractivity contribution in [3.05, 3.63) is 21.9 Å². The molecule has 0 bridgehead atoms. The summed E-state index contributed by atoms with van der Waals surface area (Å²) in [4.78, 5) is 31.1. The van der Waals surface area contributed by atoms with E-state index in [0.717, 1.165) is 35.7 Å². The molecule has 3 rings (SSSR count). The summed E-state index contributed by atoms with van der Waals surface area (Å²) in [6.45, 7) is 6.91. The van der Waals surface area contributed by atoms with Crippen LogP contribution in [0.25, 0.3) is 0 Å². The summed E-state index contributed by atoms with van der Waals surface area (Å²) in [5.74, 6) is 0.262. The average molecular weight is 364 g/mol. The molecule has 2 aliphatic rings. The lowest BCUT2D eigenvalue weighted by molar-refractivity contribution is -0.127. The summed E-state index contributed by atoms with van der Waals surface area (Å²) in [5, 5.41) is 3.22. The van der Waals surface area contributed by atoms with Crippen LogP contribution in [-0.2, 0) is 4.79 Å². The van der Waals surface area contributed by atoms with E-state index in [0.29, 0.717) is 19.1 Å². The highest BCUT2D eigenvalue weighted by Crippen LogP contribution is 2.20. The summed E-state index contributed by atoms with van der Waals surface area (Å²) < 4.78 is 0. The monoisotopic (exact) mass is 363 g/mol. The van der Waals surface area contributed by atoms with Crippen molar-refractivity contribution in [3.63, 3.8) is 0 Å². The van der Waals surface area contributed by atoms with Crippen molar-refractivity contribution in [1.82, 2.24) is 15.1 Å². The molecular formula is C19H29N3O2S. The second kappa shape index (κ2) is 8.32. The zero-order valence-electron chi connectivity index (χ0n) is 15.3. The minimum absolute atomic E-state index is 0.122. The number of nitrogens with zero attached hydrogens (tertiary/aromatic N) is 2. The van der Waals surface area contributed by atoms with Crippen molar-refractivity contribution in [3.8, 4) is 0 Å². The zero-order chi connectivity index (χ0) is 17.8. The number of amides is 2. The van der Waals surface area contributed by atoms with E-state index in [1.165, 1.54) is 19.3 Å². The highest BCUT2D eigenvalue weighted by atomic mass is 32.1. The minimum Gasteiger partial charge on any atom is -0.352 e. The zero-order valence-corrected chi connectivity index (χ0v) is 16.1. The molecule has 5 nitrogen and oxygen atoms in total. The van der Waals surface area contributed by atoms with Gasteiger partial charge in [0.1, 0.15) is 0 Å². The Bertz CT molecular complexity index is 602. The number of hydrogen-bond acceptors (Lipinski definition) is 4. The quantitative estimate of drug-likeness (QED) is 0.895. The number of rotatable bonds is 4. The van der Waals surface area contributed by atoms with Crippen molar-refractivity contribution < 1.29 is 9.59 Å². The molecule has 138 valence electrons. The largest absolute Gasteiger partial charge is 0.352 e. The van der Waals surface area contributed by atoms with E-state index in [4.69, 9.17) is 0 Å². The van der Waals surface area contributed by atoms with Crippen LogP contribution >= 0.6 is 11.3 Å². The predicted octanol–water partition coefficient (Wildman–Crippen LogP) is 2.65. The molecule has 1 N–H and O–H groups in total. The fraction of sp³-hybridized carbons (Fsp3) is 0.684. The van der Waals surface area contributed by atoms with Crippen LogP contribution in [0.1, 0.15) is 53.6 Å². The van der Waals surface area contributed by atoms with Crippen molar-refractivity contribution in [2.45, 2.75) is 58.0 Å². The van der Waals surface area contributed by atoms with Crippen LogP contribution in [0.5, 0.6) is 0 Å². The Hall–Kier alpha value is -1.40. The molecule has 1 atom stereocenters. The van der Waals surface area contributed by atoms with E-state index in [1.54, 1.807) is 11.3 Å². The Morgan fingerprint density at radius 2 is 1.80 bits per heavy atom. The summed E-state index contributed by atoms with van der Waals surface area (Å²) in [5.41, 5.74) is 0. The molecule has 2 amide bonds. The van der Waals surface area contributed by atoms with Crippen LogP contribution in [0.2, 0.25) is 0 Å². The lowest BCUT2D eigenvalue weighted by Gasteiger charge is -2.37. The summed E-state index contributed by atoms with van der Waals surface area (Å²) in [7, 11) is 0. The van der Waals surface area contributed by atoms with Gasteiger partial charge >= 0.3 is 0 Å². The molecule has 2 fully saturated rings. The van der Waals surface area contributed by atoms with E-state index in [9.17, 15) is 9.59 Å².